The van der Waals surface area contributed by atoms with Gasteiger partial charge in [0.15, 0.2) is 27.3 Å². The Morgan fingerprint density at radius 2 is 1.55 bits per heavy atom. The van der Waals surface area contributed by atoms with Crippen LogP contribution in [0.4, 0.5) is 27.6 Å². The number of likely N-dealkylation sites (tertiary alicyclic amines) is 1. The first-order chi connectivity index (χ1) is 14.5. The zero-order valence-corrected chi connectivity index (χ0v) is 16.7. The molecule has 1 aliphatic rings. The maximum absolute atomic E-state index is 14.2. The molecule has 0 spiro atoms. The number of aliphatic hydroxyl groups excluding tert-OH is 1. The van der Waals surface area contributed by atoms with Crippen LogP contribution in [0.3, 0.4) is 0 Å². The number of carbonyl (C=O) groups excluding carboxylic acids is 1. The maximum Gasteiger partial charge on any atom is 0.258 e. The summed E-state index contributed by atoms with van der Waals surface area (Å²) in [7, 11) is -4.32. The Labute approximate surface area is 174 Å². The van der Waals surface area contributed by atoms with Crippen LogP contribution < -0.4 is 5.32 Å². The first-order valence-electron chi connectivity index (χ1n) is 9.06. The molecule has 1 fully saturated rings. The summed E-state index contributed by atoms with van der Waals surface area (Å²) >= 11 is 0. The highest BCUT2D eigenvalue weighted by atomic mass is 32.2. The molecule has 0 aromatic heterocycles. The van der Waals surface area contributed by atoms with Gasteiger partial charge in [-0.05, 0) is 18.9 Å². The Balaban J connectivity index is 1.87. The lowest BCUT2D eigenvalue weighted by molar-refractivity contribution is 0.0906. The average molecular weight is 464 g/mol. The van der Waals surface area contributed by atoms with Crippen LogP contribution in [0.25, 0.3) is 0 Å². The molecule has 0 aliphatic carbocycles. The van der Waals surface area contributed by atoms with Crippen LogP contribution in [0.5, 0.6) is 0 Å². The molecule has 1 heterocycles. The second kappa shape index (κ2) is 8.89. The third-order valence-corrected chi connectivity index (χ3v) is 6.44. The van der Waals surface area contributed by atoms with E-state index in [1.165, 1.54) is 4.90 Å². The standard InChI is InChI=1S/C19H17F5N2O4S/c20-13-8-14(21)17(31(29,30)9-26-3-1-11(27)2-4-26)7-12(13)19(28)25-10-5-15(22)18(24)16(23)6-10/h5-8,11,27H,1-4,9H2,(H,25,28). The van der Waals surface area contributed by atoms with Gasteiger partial charge in [0, 0.05) is 37.0 Å². The lowest BCUT2D eigenvalue weighted by atomic mass is 10.1. The van der Waals surface area contributed by atoms with E-state index in [1.807, 2.05) is 5.32 Å². The number of piperidine rings is 1. The Kier molecular flexibility index (Phi) is 6.62. The number of hydrogen-bond donors (Lipinski definition) is 2. The highest BCUT2D eigenvalue weighted by Crippen LogP contribution is 2.24. The van der Waals surface area contributed by atoms with Crippen molar-refractivity contribution in [3.8, 4) is 0 Å². The van der Waals surface area contributed by atoms with Crippen LogP contribution in [-0.2, 0) is 9.84 Å². The highest BCUT2D eigenvalue weighted by Gasteiger charge is 2.28. The minimum Gasteiger partial charge on any atom is -0.393 e. The zero-order chi connectivity index (χ0) is 22.9. The van der Waals surface area contributed by atoms with Crippen molar-refractivity contribution in [1.29, 1.82) is 0 Å². The van der Waals surface area contributed by atoms with Gasteiger partial charge in [0.25, 0.3) is 5.91 Å². The number of aliphatic hydroxyl groups is 1. The van der Waals surface area contributed by atoms with Gasteiger partial charge in [-0.1, -0.05) is 0 Å². The molecule has 1 amide bonds. The van der Waals surface area contributed by atoms with Crippen LogP contribution >= 0.6 is 0 Å². The van der Waals surface area contributed by atoms with Gasteiger partial charge in [-0.25, -0.2) is 30.4 Å². The number of hydrogen-bond acceptors (Lipinski definition) is 5. The molecule has 0 atom stereocenters. The fourth-order valence-electron chi connectivity index (χ4n) is 3.13. The fourth-order valence-corrected chi connectivity index (χ4v) is 4.66. The smallest absolute Gasteiger partial charge is 0.258 e. The molecule has 0 unspecified atom stereocenters. The number of anilines is 1. The molecule has 2 aromatic carbocycles. The predicted molar refractivity (Wildman–Crippen MR) is 99.5 cm³/mol. The molecule has 0 bridgehead atoms. The van der Waals surface area contributed by atoms with Gasteiger partial charge in [0.05, 0.1) is 11.7 Å². The van der Waals surface area contributed by atoms with Crippen LogP contribution in [-0.4, -0.2) is 49.4 Å². The van der Waals surface area contributed by atoms with Crippen molar-refractivity contribution in [2.75, 3.05) is 24.3 Å². The van der Waals surface area contributed by atoms with Gasteiger partial charge >= 0.3 is 0 Å². The van der Waals surface area contributed by atoms with E-state index < -0.39 is 73.0 Å². The van der Waals surface area contributed by atoms with Crippen molar-refractivity contribution in [2.24, 2.45) is 0 Å². The normalized spacial score (nSPS) is 15.8. The van der Waals surface area contributed by atoms with E-state index in [0.29, 0.717) is 31.0 Å². The average Bonchev–Trinajstić information content (AvgIpc) is 2.67. The first-order valence-corrected chi connectivity index (χ1v) is 10.7. The lowest BCUT2D eigenvalue weighted by Crippen LogP contribution is -2.39. The third kappa shape index (κ3) is 5.20. The number of amides is 1. The number of carbonyl (C=O) groups is 1. The summed E-state index contributed by atoms with van der Waals surface area (Å²) in [4.78, 5) is 12.9. The molecule has 6 nitrogen and oxygen atoms in total. The maximum atomic E-state index is 14.2. The van der Waals surface area contributed by atoms with Gasteiger partial charge < -0.3 is 10.4 Å². The van der Waals surface area contributed by atoms with Crippen LogP contribution in [0.1, 0.15) is 23.2 Å². The molecule has 1 aliphatic heterocycles. The summed E-state index contributed by atoms with van der Waals surface area (Å²) < 4.78 is 93.3. The van der Waals surface area contributed by atoms with Crippen LogP contribution in [0.2, 0.25) is 0 Å². The molecule has 1 saturated heterocycles. The van der Waals surface area contributed by atoms with Gasteiger partial charge in [0.2, 0.25) is 0 Å². The molecule has 0 radical (unpaired) electrons. The molecule has 31 heavy (non-hydrogen) atoms. The van der Waals surface area contributed by atoms with E-state index >= 15 is 0 Å². The summed E-state index contributed by atoms with van der Waals surface area (Å²) in [5, 5.41) is 11.4. The van der Waals surface area contributed by atoms with Gasteiger partial charge in [0.1, 0.15) is 22.4 Å². The van der Waals surface area contributed by atoms with Crippen molar-refractivity contribution in [3.63, 3.8) is 0 Å². The van der Waals surface area contributed by atoms with E-state index in [1.54, 1.807) is 0 Å². The summed E-state index contributed by atoms with van der Waals surface area (Å²) in [6.07, 6.45) is 0.109. The summed E-state index contributed by atoms with van der Waals surface area (Å²) in [5.41, 5.74) is -1.44. The lowest BCUT2D eigenvalue weighted by Gasteiger charge is -2.29. The zero-order valence-electron chi connectivity index (χ0n) is 15.8. The third-order valence-electron chi connectivity index (χ3n) is 4.75. The minimum absolute atomic E-state index is 0.216. The van der Waals surface area contributed by atoms with Crippen molar-refractivity contribution in [2.45, 2.75) is 23.8 Å². The SMILES string of the molecule is O=C(Nc1cc(F)c(F)c(F)c1)c1cc(S(=O)(=O)CN2CCC(O)CC2)c(F)cc1F. The van der Waals surface area contributed by atoms with E-state index in [-0.39, 0.29) is 19.2 Å². The second-order valence-corrected chi connectivity index (χ2v) is 8.99. The molecule has 12 heteroatoms. The minimum atomic E-state index is -4.32. The van der Waals surface area contributed by atoms with Gasteiger partial charge in [-0.2, -0.15) is 0 Å². The molecular formula is C19H17F5N2O4S. The highest BCUT2D eigenvalue weighted by molar-refractivity contribution is 7.91. The Morgan fingerprint density at radius 3 is 2.13 bits per heavy atom. The topological polar surface area (TPSA) is 86.7 Å². The van der Waals surface area contributed by atoms with E-state index in [4.69, 9.17) is 0 Å². The van der Waals surface area contributed by atoms with Crippen LogP contribution in [0, 0.1) is 29.1 Å². The van der Waals surface area contributed by atoms with Crippen molar-refractivity contribution >= 4 is 21.4 Å². The number of halogens is 5. The Bertz CT molecular complexity index is 1100. The quantitative estimate of drug-likeness (QED) is 0.404. The molecule has 2 N–H and O–H groups in total. The molecule has 2 aromatic rings. The Hall–Kier alpha value is -2.57. The van der Waals surface area contributed by atoms with E-state index in [2.05, 4.69) is 0 Å². The van der Waals surface area contributed by atoms with Crippen LogP contribution in [0.15, 0.2) is 29.2 Å². The van der Waals surface area contributed by atoms with Gasteiger partial charge in [-0.3, -0.25) is 9.69 Å². The molecule has 3 rings (SSSR count). The number of nitrogens with zero attached hydrogens (tertiary/aromatic N) is 1. The van der Waals surface area contributed by atoms with Gasteiger partial charge in [-0.15, -0.1) is 0 Å². The predicted octanol–water partition coefficient (Wildman–Crippen LogP) is 2.82. The van der Waals surface area contributed by atoms with Crippen molar-refractivity contribution in [3.05, 3.63) is 58.9 Å². The van der Waals surface area contributed by atoms with Crippen molar-refractivity contribution < 1.29 is 40.3 Å². The summed E-state index contributed by atoms with van der Waals surface area (Å²) in [6, 6.07) is 1.60. The summed E-state index contributed by atoms with van der Waals surface area (Å²) in [5.74, 6) is -9.74. The van der Waals surface area contributed by atoms with E-state index in [9.17, 15) is 40.3 Å². The monoisotopic (exact) mass is 464 g/mol. The Morgan fingerprint density at radius 1 is 0.968 bits per heavy atom. The number of sulfone groups is 1. The number of benzene rings is 2. The number of nitrogens with one attached hydrogen (secondary N) is 1. The second-order valence-electron chi connectivity index (χ2n) is 7.06. The summed E-state index contributed by atoms with van der Waals surface area (Å²) in [6.45, 7) is 0.497. The van der Waals surface area contributed by atoms with Crippen molar-refractivity contribution in [1.82, 2.24) is 4.90 Å². The largest absolute Gasteiger partial charge is 0.393 e. The first kappa shape index (κ1) is 23.1. The molecule has 168 valence electrons. The van der Waals surface area contributed by atoms with E-state index in [0.717, 1.165) is 0 Å². The molecular weight excluding hydrogens is 447 g/mol. The fraction of sp³-hybridized carbons (Fsp3) is 0.316. The number of rotatable bonds is 5. The molecule has 0 saturated carbocycles.